The van der Waals surface area contributed by atoms with Crippen LogP contribution in [0.3, 0.4) is 0 Å². The summed E-state index contributed by atoms with van der Waals surface area (Å²) in [7, 11) is 1.05. The monoisotopic (exact) mass is 486 g/mol. The third-order valence-corrected chi connectivity index (χ3v) is 6.16. The van der Waals surface area contributed by atoms with Crippen molar-refractivity contribution >= 4 is 11.7 Å². The first-order valence-electron chi connectivity index (χ1n) is 10.3. The number of nitriles is 1. The molecule has 1 fully saturated rings. The van der Waals surface area contributed by atoms with Crippen molar-refractivity contribution in [1.29, 1.82) is 5.26 Å². The van der Waals surface area contributed by atoms with Crippen molar-refractivity contribution in [3.05, 3.63) is 41.1 Å². The molecule has 1 saturated heterocycles. The second-order valence-electron chi connectivity index (χ2n) is 8.23. The molecule has 4 atom stereocenters. The highest BCUT2D eigenvalue weighted by atomic mass is 19.4. The SMILES string of the molecule is COc1c([C@H]2[C@H](C(=O)Nc3cc(C)nn3CCC#N)O[C@@](C)(C(F)(F)F)[C@H]2C)ccc(F)c1F. The second kappa shape index (κ2) is 9.21. The van der Waals surface area contributed by atoms with Crippen molar-refractivity contribution in [2.75, 3.05) is 12.4 Å². The molecule has 0 spiro atoms. The predicted molar refractivity (Wildman–Crippen MR) is 110 cm³/mol. The topological polar surface area (TPSA) is 89.2 Å². The maximum absolute atomic E-state index is 14.4. The number of amides is 1. The number of anilines is 1. The first-order valence-corrected chi connectivity index (χ1v) is 10.3. The summed E-state index contributed by atoms with van der Waals surface area (Å²) in [5.41, 5.74) is -2.38. The summed E-state index contributed by atoms with van der Waals surface area (Å²) in [6, 6.07) is 5.28. The van der Waals surface area contributed by atoms with Crippen molar-refractivity contribution in [1.82, 2.24) is 9.78 Å². The Morgan fingerprint density at radius 1 is 1.38 bits per heavy atom. The molecule has 184 valence electrons. The van der Waals surface area contributed by atoms with E-state index in [1.54, 1.807) is 6.92 Å². The lowest BCUT2D eigenvalue weighted by Gasteiger charge is -2.32. The molecule has 3 rings (SSSR count). The van der Waals surface area contributed by atoms with Crippen molar-refractivity contribution in [2.24, 2.45) is 5.92 Å². The lowest BCUT2D eigenvalue weighted by atomic mass is 9.77. The molecule has 1 aliphatic rings. The zero-order valence-electron chi connectivity index (χ0n) is 18.8. The molecule has 1 aromatic carbocycles. The largest absolute Gasteiger partial charge is 0.493 e. The van der Waals surface area contributed by atoms with Gasteiger partial charge in [-0.1, -0.05) is 13.0 Å². The van der Waals surface area contributed by atoms with Gasteiger partial charge in [-0.05, 0) is 19.9 Å². The molecule has 7 nitrogen and oxygen atoms in total. The number of nitrogens with one attached hydrogen (secondary N) is 1. The quantitative estimate of drug-likeness (QED) is 0.609. The van der Waals surface area contributed by atoms with Crippen LogP contribution in [0.25, 0.3) is 0 Å². The Morgan fingerprint density at radius 2 is 2.06 bits per heavy atom. The highest BCUT2D eigenvalue weighted by Crippen LogP contribution is 2.55. The van der Waals surface area contributed by atoms with Crippen molar-refractivity contribution in [2.45, 2.75) is 57.5 Å². The number of rotatable bonds is 6. The van der Waals surface area contributed by atoms with Gasteiger partial charge in [0.15, 0.2) is 17.2 Å². The van der Waals surface area contributed by atoms with Crippen LogP contribution in [0.1, 0.15) is 37.4 Å². The van der Waals surface area contributed by atoms with Crippen LogP contribution in [0.15, 0.2) is 18.2 Å². The van der Waals surface area contributed by atoms with Gasteiger partial charge in [0.05, 0.1) is 31.8 Å². The molecule has 1 aliphatic heterocycles. The number of ether oxygens (including phenoxy) is 2. The van der Waals surface area contributed by atoms with E-state index < -0.39 is 53.0 Å². The van der Waals surface area contributed by atoms with Crippen LogP contribution in [-0.4, -0.2) is 40.7 Å². The minimum Gasteiger partial charge on any atom is -0.493 e. The van der Waals surface area contributed by atoms with E-state index in [0.717, 1.165) is 26.2 Å². The molecular weight excluding hydrogens is 463 g/mol. The molecular formula is C22H23F5N4O3. The van der Waals surface area contributed by atoms with E-state index in [1.165, 1.54) is 17.7 Å². The lowest BCUT2D eigenvalue weighted by molar-refractivity contribution is -0.272. The Morgan fingerprint density at radius 3 is 2.65 bits per heavy atom. The Kier molecular flexibility index (Phi) is 6.89. The van der Waals surface area contributed by atoms with E-state index in [-0.39, 0.29) is 24.3 Å². The van der Waals surface area contributed by atoms with Crippen molar-refractivity contribution in [3.8, 4) is 11.8 Å². The van der Waals surface area contributed by atoms with Crippen molar-refractivity contribution < 1.29 is 36.2 Å². The van der Waals surface area contributed by atoms with E-state index in [9.17, 15) is 26.7 Å². The van der Waals surface area contributed by atoms with Crippen LogP contribution in [0.2, 0.25) is 0 Å². The Balaban J connectivity index is 2.06. The molecule has 1 N–H and O–H groups in total. The third-order valence-electron chi connectivity index (χ3n) is 6.16. The lowest BCUT2D eigenvalue weighted by Crippen LogP contribution is -2.47. The van der Waals surface area contributed by atoms with Gasteiger partial charge in [0.2, 0.25) is 5.82 Å². The molecule has 2 aromatic rings. The molecule has 2 heterocycles. The summed E-state index contributed by atoms with van der Waals surface area (Å²) in [6.45, 7) is 3.82. The fraction of sp³-hybridized carbons (Fsp3) is 0.500. The van der Waals surface area contributed by atoms with E-state index in [4.69, 9.17) is 14.7 Å². The van der Waals surface area contributed by atoms with Crippen LogP contribution < -0.4 is 10.1 Å². The molecule has 0 radical (unpaired) electrons. The summed E-state index contributed by atoms with van der Waals surface area (Å²) in [5.74, 6) is -6.69. The maximum Gasteiger partial charge on any atom is 0.417 e. The molecule has 0 saturated carbocycles. The Labute approximate surface area is 192 Å². The van der Waals surface area contributed by atoms with Crippen molar-refractivity contribution in [3.63, 3.8) is 0 Å². The number of aromatic nitrogens is 2. The summed E-state index contributed by atoms with van der Waals surface area (Å²) >= 11 is 0. The fourth-order valence-corrected chi connectivity index (χ4v) is 4.21. The fourth-order valence-electron chi connectivity index (χ4n) is 4.21. The van der Waals surface area contributed by atoms with E-state index >= 15 is 0 Å². The first-order chi connectivity index (χ1) is 15.9. The Hall–Kier alpha value is -3.20. The summed E-state index contributed by atoms with van der Waals surface area (Å²) in [6.07, 6.45) is -6.50. The van der Waals surface area contributed by atoms with Gasteiger partial charge in [-0.3, -0.25) is 4.79 Å². The number of methoxy groups -OCH3 is 1. The minimum absolute atomic E-state index is 0.0851. The highest BCUT2D eigenvalue weighted by Gasteiger charge is 2.66. The Bertz CT molecular complexity index is 1130. The predicted octanol–water partition coefficient (Wildman–Crippen LogP) is 4.47. The van der Waals surface area contributed by atoms with Crippen LogP contribution in [0.4, 0.5) is 27.8 Å². The van der Waals surface area contributed by atoms with Crippen LogP contribution in [0, 0.1) is 35.8 Å². The van der Waals surface area contributed by atoms with Gasteiger partial charge >= 0.3 is 6.18 Å². The summed E-state index contributed by atoms with van der Waals surface area (Å²) in [5, 5.41) is 15.5. The minimum atomic E-state index is -4.86. The van der Waals surface area contributed by atoms with Gasteiger partial charge in [0, 0.05) is 23.5 Å². The number of benzene rings is 1. The van der Waals surface area contributed by atoms with Gasteiger partial charge in [-0.25, -0.2) is 9.07 Å². The number of hydrogen-bond donors (Lipinski definition) is 1. The summed E-state index contributed by atoms with van der Waals surface area (Å²) in [4.78, 5) is 13.2. The number of halogens is 5. The molecule has 1 amide bonds. The highest BCUT2D eigenvalue weighted by molar-refractivity contribution is 5.94. The molecule has 0 bridgehead atoms. The average molecular weight is 486 g/mol. The van der Waals surface area contributed by atoms with Crippen LogP contribution in [0.5, 0.6) is 5.75 Å². The van der Waals surface area contributed by atoms with E-state index in [2.05, 4.69) is 10.4 Å². The number of alkyl halides is 3. The molecule has 1 aromatic heterocycles. The van der Waals surface area contributed by atoms with Gasteiger partial charge in [0.1, 0.15) is 11.9 Å². The molecule has 12 heteroatoms. The zero-order valence-corrected chi connectivity index (χ0v) is 18.8. The first kappa shape index (κ1) is 25.4. The van der Waals surface area contributed by atoms with Gasteiger partial charge in [-0.2, -0.15) is 27.9 Å². The van der Waals surface area contributed by atoms with Gasteiger partial charge < -0.3 is 14.8 Å². The standard InChI is InChI=1S/C22H23F5N4O3/c1-11-10-15(31(30-11)9-5-8-28)29-20(32)19-16(12(2)21(3,34-19)22(25,26)27)13-6-7-14(23)17(24)18(13)33-4/h6-7,10,12,16,19H,5,9H2,1-4H3,(H,29,32)/t12-,16-,19+,21+/m0/s1. The molecule has 0 unspecified atom stereocenters. The number of nitrogens with zero attached hydrogens (tertiary/aromatic N) is 3. The average Bonchev–Trinajstić information content (AvgIpc) is 3.25. The van der Waals surface area contributed by atoms with E-state index in [1.807, 2.05) is 6.07 Å². The second-order valence-corrected chi connectivity index (χ2v) is 8.23. The van der Waals surface area contributed by atoms with Crippen LogP contribution >= 0.6 is 0 Å². The smallest absolute Gasteiger partial charge is 0.417 e. The number of carbonyl (C=O) groups is 1. The summed E-state index contributed by atoms with van der Waals surface area (Å²) < 4.78 is 81.9. The van der Waals surface area contributed by atoms with E-state index in [0.29, 0.717) is 5.69 Å². The van der Waals surface area contributed by atoms with Crippen LogP contribution in [-0.2, 0) is 16.1 Å². The zero-order chi connectivity index (χ0) is 25.4. The maximum atomic E-state index is 14.4. The van der Waals surface area contributed by atoms with Gasteiger partial charge in [0.25, 0.3) is 5.91 Å². The number of hydrogen-bond acceptors (Lipinski definition) is 5. The van der Waals surface area contributed by atoms with Gasteiger partial charge in [-0.15, -0.1) is 0 Å². The third kappa shape index (κ3) is 4.32. The normalized spacial score (nSPS) is 24.6. The molecule has 0 aliphatic carbocycles. The molecule has 34 heavy (non-hydrogen) atoms. The number of carbonyl (C=O) groups excluding carboxylic acids is 1. The number of aryl methyl sites for hydroxylation is 2.